The van der Waals surface area contributed by atoms with E-state index in [-0.39, 0.29) is 11.8 Å². The Labute approximate surface area is 120 Å². The zero-order valence-corrected chi connectivity index (χ0v) is 14.7. The first-order valence-electron chi connectivity index (χ1n) is 6.12. The lowest BCUT2D eigenvalue weighted by atomic mass is 10.2. The first-order valence-corrected chi connectivity index (χ1v) is 9.92. The minimum Gasteiger partial charge on any atom is -0.467 e. The Kier molecular flexibility index (Phi) is 5.03. The number of methoxy groups -OCH3 is 1. The molecule has 0 bridgehead atoms. The van der Waals surface area contributed by atoms with Gasteiger partial charge in [0.15, 0.2) is 6.79 Å². The van der Waals surface area contributed by atoms with Crippen LogP contribution in [-0.2, 0) is 4.74 Å². The van der Waals surface area contributed by atoms with Crippen molar-refractivity contribution < 1.29 is 9.47 Å². The summed E-state index contributed by atoms with van der Waals surface area (Å²) in [5, 5.41) is 1.61. The molecule has 0 saturated heterocycles. The highest BCUT2D eigenvalue weighted by molar-refractivity contribution is 9.10. The highest BCUT2D eigenvalue weighted by Crippen LogP contribution is 2.38. The van der Waals surface area contributed by atoms with Gasteiger partial charge in [0.2, 0.25) is 0 Å². The maximum atomic E-state index is 5.76. The lowest BCUT2D eigenvalue weighted by Crippen LogP contribution is -2.50. The molecule has 4 heteroatoms. The van der Waals surface area contributed by atoms with Crippen molar-refractivity contribution in [2.24, 2.45) is 0 Å². The van der Waals surface area contributed by atoms with E-state index >= 15 is 0 Å². The molecule has 1 rings (SSSR count). The lowest BCUT2D eigenvalue weighted by Gasteiger charge is -2.38. The molecule has 2 nitrogen and oxygen atoms in total. The number of ether oxygens (including phenoxy) is 2. The first kappa shape index (κ1) is 15.7. The number of rotatable bonds is 4. The van der Waals surface area contributed by atoms with E-state index < -0.39 is 8.07 Å². The fourth-order valence-electron chi connectivity index (χ4n) is 1.67. The predicted molar refractivity (Wildman–Crippen MR) is 83.5 cm³/mol. The lowest BCUT2D eigenvalue weighted by molar-refractivity contribution is 0.0513. The van der Waals surface area contributed by atoms with Gasteiger partial charge >= 0.3 is 0 Å². The second-order valence-electron chi connectivity index (χ2n) is 6.04. The fraction of sp³-hybridized carbons (Fsp3) is 0.571. The molecule has 0 aromatic heterocycles. The molecule has 0 aliphatic heterocycles. The van der Waals surface area contributed by atoms with Crippen LogP contribution in [0.3, 0.4) is 0 Å². The van der Waals surface area contributed by atoms with Crippen LogP contribution in [0, 0.1) is 0 Å². The zero-order valence-electron chi connectivity index (χ0n) is 12.1. The minimum atomic E-state index is -1.62. The van der Waals surface area contributed by atoms with E-state index in [1.807, 2.05) is 6.07 Å². The molecule has 0 fully saturated rings. The summed E-state index contributed by atoms with van der Waals surface area (Å²) >= 11 is 3.58. The Hall–Kier alpha value is -0.323. The standard InChI is InChI=1S/C14H23BrO2Si/c1-14(2,3)18(5,6)12-9-7-8-11(15)13(12)17-10-16-4/h7-9H,10H2,1-6H3. The van der Waals surface area contributed by atoms with Gasteiger partial charge < -0.3 is 9.47 Å². The van der Waals surface area contributed by atoms with Gasteiger partial charge in [-0.1, -0.05) is 46.0 Å². The van der Waals surface area contributed by atoms with Crippen LogP contribution in [0.15, 0.2) is 22.7 Å². The van der Waals surface area contributed by atoms with E-state index in [0.717, 1.165) is 10.2 Å². The first-order chi connectivity index (χ1) is 8.21. The molecule has 0 atom stereocenters. The summed E-state index contributed by atoms with van der Waals surface area (Å²) in [6.45, 7) is 12.0. The molecule has 1 aromatic rings. The Balaban J connectivity index is 3.27. The van der Waals surface area contributed by atoms with Crippen LogP contribution >= 0.6 is 15.9 Å². The number of hydrogen-bond donors (Lipinski definition) is 0. The fourth-order valence-corrected chi connectivity index (χ4v) is 4.43. The topological polar surface area (TPSA) is 18.5 Å². The SMILES string of the molecule is COCOc1c(Br)cccc1[Si](C)(C)C(C)(C)C. The number of benzene rings is 1. The van der Waals surface area contributed by atoms with Crippen molar-refractivity contribution in [3.05, 3.63) is 22.7 Å². The van der Waals surface area contributed by atoms with Gasteiger partial charge in [-0.2, -0.15) is 0 Å². The Bertz CT molecular complexity index is 411. The van der Waals surface area contributed by atoms with Crippen molar-refractivity contribution in [1.29, 1.82) is 0 Å². The van der Waals surface area contributed by atoms with Crippen LogP contribution in [0.5, 0.6) is 5.75 Å². The van der Waals surface area contributed by atoms with Crippen molar-refractivity contribution in [1.82, 2.24) is 0 Å². The molecule has 0 N–H and O–H groups in total. The van der Waals surface area contributed by atoms with Gasteiger partial charge in [-0.05, 0) is 32.2 Å². The summed E-state index contributed by atoms with van der Waals surface area (Å²) in [7, 11) is 0.0242. The number of halogens is 1. The normalized spacial score (nSPS) is 12.6. The van der Waals surface area contributed by atoms with E-state index in [4.69, 9.17) is 9.47 Å². The van der Waals surface area contributed by atoms with Crippen LogP contribution in [0.4, 0.5) is 0 Å². The molecule has 0 aliphatic rings. The van der Waals surface area contributed by atoms with Gasteiger partial charge in [-0.3, -0.25) is 0 Å². The van der Waals surface area contributed by atoms with Crippen LogP contribution in [0.25, 0.3) is 0 Å². The van der Waals surface area contributed by atoms with E-state index in [0.29, 0.717) is 0 Å². The Morgan fingerprint density at radius 3 is 2.33 bits per heavy atom. The van der Waals surface area contributed by atoms with Gasteiger partial charge in [-0.25, -0.2) is 0 Å². The summed E-state index contributed by atoms with van der Waals surface area (Å²) in [4.78, 5) is 0. The zero-order chi connectivity index (χ0) is 14.0. The molecule has 1 aromatic carbocycles. The Morgan fingerprint density at radius 1 is 1.22 bits per heavy atom. The smallest absolute Gasteiger partial charge is 0.188 e. The molecule has 0 unspecified atom stereocenters. The molecule has 0 amide bonds. The van der Waals surface area contributed by atoms with Crippen molar-refractivity contribution in [3.8, 4) is 5.75 Å². The second-order valence-corrected chi connectivity index (χ2v) is 12.2. The molecule has 0 aliphatic carbocycles. The van der Waals surface area contributed by atoms with E-state index in [9.17, 15) is 0 Å². The highest BCUT2D eigenvalue weighted by atomic mass is 79.9. The third-order valence-corrected chi connectivity index (χ3v) is 9.95. The molecular formula is C14H23BrO2Si. The minimum absolute atomic E-state index is 0.277. The molecule has 0 radical (unpaired) electrons. The molecule has 0 spiro atoms. The van der Waals surface area contributed by atoms with Gasteiger partial charge in [0.05, 0.1) is 12.5 Å². The van der Waals surface area contributed by atoms with Crippen molar-refractivity contribution >= 4 is 29.2 Å². The number of para-hydroxylation sites is 1. The molecule has 18 heavy (non-hydrogen) atoms. The average Bonchev–Trinajstić information content (AvgIpc) is 2.25. The van der Waals surface area contributed by atoms with Gasteiger partial charge in [0.25, 0.3) is 0 Å². The average molecular weight is 331 g/mol. The maximum absolute atomic E-state index is 5.76. The summed E-state index contributed by atoms with van der Waals surface area (Å²) in [6.07, 6.45) is 0. The van der Waals surface area contributed by atoms with Crippen molar-refractivity contribution in [2.75, 3.05) is 13.9 Å². The van der Waals surface area contributed by atoms with Crippen LogP contribution < -0.4 is 9.92 Å². The van der Waals surface area contributed by atoms with Crippen LogP contribution in [-0.4, -0.2) is 22.0 Å². The van der Waals surface area contributed by atoms with Gasteiger partial charge in [0, 0.05) is 7.11 Å². The molecular weight excluding hydrogens is 308 g/mol. The van der Waals surface area contributed by atoms with Crippen LogP contribution in [0.1, 0.15) is 20.8 Å². The quantitative estimate of drug-likeness (QED) is 0.610. The maximum Gasteiger partial charge on any atom is 0.188 e. The van der Waals surface area contributed by atoms with Gasteiger partial charge in [-0.15, -0.1) is 0 Å². The number of hydrogen-bond acceptors (Lipinski definition) is 2. The second kappa shape index (κ2) is 5.76. The van der Waals surface area contributed by atoms with E-state index in [1.54, 1.807) is 7.11 Å². The Morgan fingerprint density at radius 2 is 1.83 bits per heavy atom. The summed E-state index contributed by atoms with van der Waals surface area (Å²) in [5.74, 6) is 0.936. The molecule has 102 valence electrons. The van der Waals surface area contributed by atoms with Crippen molar-refractivity contribution in [3.63, 3.8) is 0 Å². The summed E-state index contributed by atoms with van der Waals surface area (Å²) in [6, 6.07) is 6.29. The van der Waals surface area contributed by atoms with Gasteiger partial charge in [0.1, 0.15) is 5.75 Å². The van der Waals surface area contributed by atoms with E-state index in [1.165, 1.54) is 5.19 Å². The van der Waals surface area contributed by atoms with Crippen LogP contribution in [0.2, 0.25) is 18.1 Å². The highest BCUT2D eigenvalue weighted by Gasteiger charge is 2.39. The predicted octanol–water partition coefficient (Wildman–Crippen LogP) is 4.15. The van der Waals surface area contributed by atoms with E-state index in [2.05, 4.69) is 61.9 Å². The largest absolute Gasteiger partial charge is 0.467 e. The molecule has 0 heterocycles. The monoisotopic (exact) mass is 330 g/mol. The molecule has 0 saturated carbocycles. The third-order valence-electron chi connectivity index (χ3n) is 3.84. The van der Waals surface area contributed by atoms with Crippen molar-refractivity contribution in [2.45, 2.75) is 38.9 Å². The summed E-state index contributed by atoms with van der Waals surface area (Å²) < 4.78 is 11.8. The third kappa shape index (κ3) is 3.16. The summed E-state index contributed by atoms with van der Waals surface area (Å²) in [5.41, 5.74) is 0.